The van der Waals surface area contributed by atoms with E-state index in [4.69, 9.17) is 5.11 Å². The van der Waals surface area contributed by atoms with Crippen molar-refractivity contribution in [2.45, 2.75) is 19.0 Å². The molecule has 5 rings (SSSR count). The number of fused-ring (bicyclic) bond motifs is 2. The van der Waals surface area contributed by atoms with Gasteiger partial charge in [-0.15, -0.1) is 0 Å². The summed E-state index contributed by atoms with van der Waals surface area (Å²) in [7, 11) is 1.60. The maximum absolute atomic E-state index is 13.3. The van der Waals surface area contributed by atoms with E-state index in [-0.39, 0.29) is 29.6 Å². The molecule has 0 fully saturated rings. The lowest BCUT2D eigenvalue weighted by molar-refractivity contribution is 0.269. The van der Waals surface area contributed by atoms with E-state index in [9.17, 15) is 9.59 Å². The van der Waals surface area contributed by atoms with Crippen LogP contribution in [0, 0.1) is 0 Å². The van der Waals surface area contributed by atoms with Crippen molar-refractivity contribution in [3.63, 3.8) is 0 Å². The molecule has 4 heterocycles. The van der Waals surface area contributed by atoms with Crippen LogP contribution in [0.25, 0.3) is 11.0 Å². The van der Waals surface area contributed by atoms with Crippen molar-refractivity contribution in [1.82, 2.24) is 28.9 Å². The number of anilines is 3. The lowest BCUT2D eigenvalue weighted by atomic mass is 9.97. The summed E-state index contributed by atoms with van der Waals surface area (Å²) in [5, 5.41) is 19.7. The fraction of sp³-hybridized carbons (Fsp3) is 0.286. The second-order valence-electron chi connectivity index (χ2n) is 7.61. The van der Waals surface area contributed by atoms with Crippen LogP contribution < -0.4 is 21.9 Å². The van der Waals surface area contributed by atoms with Gasteiger partial charge in [-0.05, 0) is 18.1 Å². The van der Waals surface area contributed by atoms with Crippen LogP contribution in [0.5, 0.6) is 0 Å². The molecule has 0 bridgehead atoms. The Balaban J connectivity index is 1.58. The average molecular weight is 434 g/mol. The molecule has 4 aromatic rings. The van der Waals surface area contributed by atoms with Crippen molar-refractivity contribution in [3.8, 4) is 0 Å². The zero-order chi connectivity index (χ0) is 22.2. The first kappa shape index (κ1) is 19.9. The summed E-state index contributed by atoms with van der Waals surface area (Å²) in [5.41, 5.74) is 1.88. The number of hydrogen-bond acceptors (Lipinski definition) is 8. The molecule has 1 aromatic carbocycles. The van der Waals surface area contributed by atoms with Crippen LogP contribution in [-0.2, 0) is 13.6 Å². The molecule has 164 valence electrons. The number of benzene rings is 1. The normalized spacial score (nSPS) is 15.4. The number of rotatable bonds is 5. The molecular formula is C21H22N8O3. The third kappa shape index (κ3) is 3.32. The number of nitrogens with zero attached hydrogens (tertiary/aromatic N) is 6. The fourth-order valence-electron chi connectivity index (χ4n) is 4.08. The fourth-order valence-corrected chi connectivity index (χ4v) is 4.08. The Morgan fingerprint density at radius 3 is 2.94 bits per heavy atom. The molecule has 1 atom stereocenters. The van der Waals surface area contributed by atoms with Crippen molar-refractivity contribution in [2.24, 2.45) is 7.05 Å². The molecule has 1 aliphatic rings. The van der Waals surface area contributed by atoms with Gasteiger partial charge in [-0.1, -0.05) is 18.2 Å². The van der Waals surface area contributed by atoms with Gasteiger partial charge in [0.05, 0.1) is 31.1 Å². The van der Waals surface area contributed by atoms with E-state index >= 15 is 0 Å². The number of aromatic nitrogens is 6. The van der Waals surface area contributed by atoms with Crippen molar-refractivity contribution in [1.29, 1.82) is 0 Å². The molecule has 1 aliphatic heterocycles. The van der Waals surface area contributed by atoms with E-state index in [1.165, 1.54) is 15.3 Å². The van der Waals surface area contributed by atoms with E-state index in [1.807, 2.05) is 24.3 Å². The summed E-state index contributed by atoms with van der Waals surface area (Å²) in [5.74, 6) is 0.236. The highest BCUT2D eigenvalue weighted by atomic mass is 16.3. The predicted molar refractivity (Wildman–Crippen MR) is 119 cm³/mol. The van der Waals surface area contributed by atoms with Crippen molar-refractivity contribution >= 4 is 28.4 Å². The van der Waals surface area contributed by atoms with Gasteiger partial charge in [-0.3, -0.25) is 18.6 Å². The van der Waals surface area contributed by atoms with E-state index < -0.39 is 11.2 Å². The van der Waals surface area contributed by atoms with Crippen molar-refractivity contribution < 1.29 is 5.11 Å². The SMILES string of the molecule is Cn1c(=O)n(C2CCNc3ccccc32)c(=O)c2cnc(Nc3cnn(CCO)c3)nc21. The molecular weight excluding hydrogens is 412 g/mol. The monoisotopic (exact) mass is 434 g/mol. The molecule has 1 unspecified atom stereocenters. The first-order valence-corrected chi connectivity index (χ1v) is 10.3. The first-order valence-electron chi connectivity index (χ1n) is 10.3. The van der Waals surface area contributed by atoms with Crippen molar-refractivity contribution in [3.05, 3.63) is 69.3 Å². The minimum Gasteiger partial charge on any atom is -0.394 e. The molecule has 11 heteroatoms. The highest BCUT2D eigenvalue weighted by Gasteiger charge is 2.26. The maximum Gasteiger partial charge on any atom is 0.332 e. The van der Waals surface area contributed by atoms with Crippen LogP contribution in [0.1, 0.15) is 18.0 Å². The number of nitrogens with one attached hydrogen (secondary N) is 2. The van der Waals surface area contributed by atoms with Gasteiger partial charge in [0.15, 0.2) is 5.65 Å². The Morgan fingerprint density at radius 1 is 1.25 bits per heavy atom. The molecule has 0 saturated carbocycles. The Labute approximate surface area is 182 Å². The van der Waals surface area contributed by atoms with Gasteiger partial charge in [0, 0.05) is 31.7 Å². The second kappa shape index (κ2) is 7.93. The minimum atomic E-state index is -0.426. The zero-order valence-corrected chi connectivity index (χ0v) is 17.4. The molecule has 32 heavy (non-hydrogen) atoms. The summed E-state index contributed by atoms with van der Waals surface area (Å²) < 4.78 is 4.26. The van der Waals surface area contributed by atoms with Gasteiger partial charge < -0.3 is 15.7 Å². The maximum atomic E-state index is 13.3. The average Bonchev–Trinajstić information content (AvgIpc) is 3.25. The number of hydrogen-bond donors (Lipinski definition) is 3. The molecule has 3 aromatic heterocycles. The van der Waals surface area contributed by atoms with Crippen LogP contribution in [-0.4, -0.2) is 47.1 Å². The van der Waals surface area contributed by atoms with Crippen molar-refractivity contribution in [2.75, 3.05) is 23.8 Å². The summed E-state index contributed by atoms with van der Waals surface area (Å²) >= 11 is 0. The predicted octanol–water partition coefficient (Wildman–Crippen LogP) is 0.828. The third-order valence-electron chi connectivity index (χ3n) is 5.61. The molecule has 0 spiro atoms. The molecule has 0 amide bonds. The quantitative estimate of drug-likeness (QED) is 0.421. The largest absolute Gasteiger partial charge is 0.394 e. The summed E-state index contributed by atoms with van der Waals surface area (Å²) in [6.45, 7) is 1.01. The van der Waals surface area contributed by atoms with E-state index in [0.717, 1.165) is 11.3 Å². The van der Waals surface area contributed by atoms with Crippen LogP contribution in [0.4, 0.5) is 17.3 Å². The first-order chi connectivity index (χ1) is 15.6. The number of aliphatic hydroxyl groups is 1. The van der Waals surface area contributed by atoms with Gasteiger partial charge in [-0.2, -0.15) is 10.1 Å². The topological polar surface area (TPSA) is 132 Å². The van der Waals surface area contributed by atoms with Gasteiger partial charge in [-0.25, -0.2) is 9.78 Å². The Bertz CT molecular complexity index is 1420. The van der Waals surface area contributed by atoms with Gasteiger partial charge in [0.2, 0.25) is 5.95 Å². The number of aliphatic hydroxyl groups excluding tert-OH is 1. The standard InChI is InChI=1S/C21H22N8O3/c1-27-18-15(11-23-20(26-18)25-13-10-24-28(12-13)8-9-30)19(31)29(21(27)32)17-6-7-22-16-5-3-2-4-14(16)17/h2-5,10-12,17,22,30H,6-9H2,1H3,(H,23,25,26). The number of para-hydroxylation sites is 1. The van der Waals surface area contributed by atoms with E-state index in [0.29, 0.717) is 25.2 Å². The van der Waals surface area contributed by atoms with E-state index in [2.05, 4.69) is 25.7 Å². The smallest absolute Gasteiger partial charge is 0.332 e. The highest BCUT2D eigenvalue weighted by molar-refractivity contribution is 5.74. The number of aryl methyl sites for hydroxylation is 1. The Morgan fingerprint density at radius 2 is 2.09 bits per heavy atom. The summed E-state index contributed by atoms with van der Waals surface area (Å²) in [6.07, 6.45) is 5.34. The van der Waals surface area contributed by atoms with Gasteiger partial charge in [0.25, 0.3) is 5.56 Å². The van der Waals surface area contributed by atoms with Gasteiger partial charge >= 0.3 is 5.69 Å². The van der Waals surface area contributed by atoms with Crippen LogP contribution in [0.3, 0.4) is 0 Å². The Hall–Kier alpha value is -3.99. The van der Waals surface area contributed by atoms with E-state index in [1.54, 1.807) is 24.1 Å². The molecule has 0 radical (unpaired) electrons. The lowest BCUT2D eigenvalue weighted by Crippen LogP contribution is -2.43. The lowest BCUT2D eigenvalue weighted by Gasteiger charge is -2.28. The molecule has 0 aliphatic carbocycles. The minimum absolute atomic E-state index is 0.0243. The zero-order valence-electron chi connectivity index (χ0n) is 17.4. The summed E-state index contributed by atoms with van der Waals surface area (Å²) in [4.78, 5) is 35.3. The molecule has 11 nitrogen and oxygen atoms in total. The second-order valence-corrected chi connectivity index (χ2v) is 7.61. The Kier molecular flexibility index (Phi) is 4.94. The summed E-state index contributed by atoms with van der Waals surface area (Å²) in [6, 6.07) is 7.34. The molecule has 3 N–H and O–H groups in total. The van der Waals surface area contributed by atoms with Crippen LogP contribution >= 0.6 is 0 Å². The highest BCUT2D eigenvalue weighted by Crippen LogP contribution is 2.31. The van der Waals surface area contributed by atoms with Gasteiger partial charge in [0.1, 0.15) is 5.39 Å². The molecule has 0 saturated heterocycles. The van der Waals surface area contributed by atoms with Crippen LogP contribution in [0.2, 0.25) is 0 Å². The third-order valence-corrected chi connectivity index (χ3v) is 5.61. The van der Waals surface area contributed by atoms with Crippen LogP contribution in [0.15, 0.2) is 52.4 Å².